The fraction of sp³-hybridized carbons (Fsp3) is 0.333. The summed E-state index contributed by atoms with van der Waals surface area (Å²) in [4.78, 5) is 22.5. The smallest absolute Gasteiger partial charge is 0.308 e. The maximum atomic E-state index is 11.5. The first-order valence-electron chi connectivity index (χ1n) is 6.59. The summed E-state index contributed by atoms with van der Waals surface area (Å²) in [6.45, 7) is 2.41. The molecule has 1 amide bonds. The van der Waals surface area contributed by atoms with Gasteiger partial charge in [-0.05, 0) is 36.7 Å². The maximum Gasteiger partial charge on any atom is 0.308 e. The van der Waals surface area contributed by atoms with Gasteiger partial charge in [-0.2, -0.15) is 0 Å². The van der Waals surface area contributed by atoms with E-state index in [1.165, 1.54) is 20.1 Å². The van der Waals surface area contributed by atoms with Gasteiger partial charge in [0, 0.05) is 19.5 Å². The molecule has 1 rings (SSSR count). The van der Waals surface area contributed by atoms with E-state index in [1.54, 1.807) is 24.3 Å². The van der Waals surface area contributed by atoms with Gasteiger partial charge in [-0.15, -0.1) is 0 Å². The van der Waals surface area contributed by atoms with Gasteiger partial charge in [0.2, 0.25) is 5.91 Å². The second-order valence-electron chi connectivity index (χ2n) is 4.27. The Bertz CT molecular complexity index is 526. The highest BCUT2D eigenvalue weighted by molar-refractivity contribution is 5.91. The topological polar surface area (TPSA) is 90.7 Å². The van der Waals surface area contributed by atoms with Gasteiger partial charge in [0.1, 0.15) is 0 Å². The zero-order valence-corrected chi connectivity index (χ0v) is 12.2. The predicted molar refractivity (Wildman–Crippen MR) is 80.0 cm³/mol. The van der Waals surface area contributed by atoms with Crippen LogP contribution < -0.4 is 20.5 Å². The summed E-state index contributed by atoms with van der Waals surface area (Å²) in [5.74, 6) is 0.160. The van der Waals surface area contributed by atoms with Crippen molar-refractivity contribution in [3.8, 4) is 11.5 Å². The van der Waals surface area contributed by atoms with E-state index in [1.807, 2.05) is 0 Å². The van der Waals surface area contributed by atoms with Gasteiger partial charge in [-0.1, -0.05) is 6.07 Å². The van der Waals surface area contributed by atoms with E-state index in [2.05, 4.69) is 5.32 Å². The molecule has 3 N–H and O–H groups in total. The molecule has 6 nitrogen and oxygen atoms in total. The summed E-state index contributed by atoms with van der Waals surface area (Å²) in [6, 6.07) is 5.03. The number of hydrogen-bond acceptors (Lipinski definition) is 5. The lowest BCUT2D eigenvalue weighted by atomic mass is 10.2. The number of methoxy groups -OCH3 is 1. The van der Waals surface area contributed by atoms with Gasteiger partial charge in [0.05, 0.1) is 7.11 Å². The molecule has 0 spiro atoms. The van der Waals surface area contributed by atoms with Crippen molar-refractivity contribution < 1.29 is 19.1 Å². The number of carbonyl (C=O) groups excluding carboxylic acids is 2. The summed E-state index contributed by atoms with van der Waals surface area (Å²) in [6.07, 6.45) is 3.82. The number of carbonyl (C=O) groups is 2. The highest BCUT2D eigenvalue weighted by Gasteiger charge is 2.07. The van der Waals surface area contributed by atoms with Crippen LogP contribution in [0, 0.1) is 0 Å². The minimum Gasteiger partial charge on any atom is -0.493 e. The van der Waals surface area contributed by atoms with Crippen LogP contribution >= 0.6 is 0 Å². The quantitative estimate of drug-likeness (QED) is 0.340. The van der Waals surface area contributed by atoms with Crippen molar-refractivity contribution >= 4 is 18.0 Å². The van der Waals surface area contributed by atoms with Gasteiger partial charge in [-0.3, -0.25) is 9.59 Å². The number of ether oxygens (including phenoxy) is 2. The lowest BCUT2D eigenvalue weighted by Crippen LogP contribution is -2.23. The van der Waals surface area contributed by atoms with E-state index in [0.29, 0.717) is 24.6 Å². The standard InChI is InChI=1S/C15H20N2O4/c1-11(18)21-13-6-4-12(10-14(13)20-2)5-7-15(19)17-9-3-8-16/h4-7,10H,3,8-9,16H2,1-2H3,(H,17,19). The minimum atomic E-state index is -0.420. The average molecular weight is 292 g/mol. The number of nitrogens with one attached hydrogen (secondary N) is 1. The van der Waals surface area contributed by atoms with Crippen LogP contribution in [0.25, 0.3) is 6.08 Å². The molecule has 0 aliphatic rings. The molecule has 0 heterocycles. The van der Waals surface area contributed by atoms with Crippen molar-refractivity contribution in [3.05, 3.63) is 29.8 Å². The molecule has 1 aromatic carbocycles. The third-order valence-electron chi connectivity index (χ3n) is 2.55. The fourth-order valence-electron chi connectivity index (χ4n) is 1.57. The Balaban J connectivity index is 2.71. The summed E-state index contributed by atoms with van der Waals surface area (Å²) < 4.78 is 10.2. The molecule has 6 heteroatoms. The van der Waals surface area contributed by atoms with E-state index >= 15 is 0 Å². The Morgan fingerprint density at radius 3 is 2.71 bits per heavy atom. The van der Waals surface area contributed by atoms with Crippen molar-refractivity contribution in [1.29, 1.82) is 0 Å². The van der Waals surface area contributed by atoms with Crippen LogP contribution in [0.2, 0.25) is 0 Å². The SMILES string of the molecule is COc1cc(C=CC(=O)NCCCN)ccc1OC(C)=O. The third-order valence-corrected chi connectivity index (χ3v) is 2.55. The predicted octanol–water partition coefficient (Wildman–Crippen LogP) is 1.10. The van der Waals surface area contributed by atoms with Gasteiger partial charge < -0.3 is 20.5 Å². The largest absolute Gasteiger partial charge is 0.493 e. The number of nitrogens with two attached hydrogens (primary N) is 1. The van der Waals surface area contributed by atoms with Crippen molar-refractivity contribution in [2.75, 3.05) is 20.2 Å². The highest BCUT2D eigenvalue weighted by atomic mass is 16.6. The Hall–Kier alpha value is -2.34. The first kappa shape index (κ1) is 16.7. The Morgan fingerprint density at radius 1 is 1.33 bits per heavy atom. The minimum absolute atomic E-state index is 0.188. The van der Waals surface area contributed by atoms with Gasteiger partial charge in [0.25, 0.3) is 0 Å². The van der Waals surface area contributed by atoms with Crippen molar-refractivity contribution in [1.82, 2.24) is 5.32 Å². The van der Waals surface area contributed by atoms with E-state index in [9.17, 15) is 9.59 Å². The van der Waals surface area contributed by atoms with E-state index in [4.69, 9.17) is 15.2 Å². The number of hydrogen-bond donors (Lipinski definition) is 2. The lowest BCUT2D eigenvalue weighted by molar-refractivity contribution is -0.132. The Labute approximate surface area is 123 Å². The molecule has 0 bridgehead atoms. The van der Waals surface area contributed by atoms with Gasteiger partial charge >= 0.3 is 5.97 Å². The number of benzene rings is 1. The van der Waals surface area contributed by atoms with Gasteiger partial charge in [-0.25, -0.2) is 0 Å². The number of amides is 1. The molecule has 0 saturated heterocycles. The summed E-state index contributed by atoms with van der Waals surface area (Å²) >= 11 is 0. The first-order chi connectivity index (χ1) is 10.1. The summed E-state index contributed by atoms with van der Waals surface area (Å²) in [5, 5.41) is 2.71. The zero-order chi connectivity index (χ0) is 15.7. The van der Waals surface area contributed by atoms with Crippen LogP contribution in [0.15, 0.2) is 24.3 Å². The van der Waals surface area contributed by atoms with Crippen LogP contribution in [-0.4, -0.2) is 32.1 Å². The van der Waals surface area contributed by atoms with E-state index in [0.717, 1.165) is 12.0 Å². The molecular weight excluding hydrogens is 272 g/mol. The first-order valence-corrected chi connectivity index (χ1v) is 6.59. The molecule has 21 heavy (non-hydrogen) atoms. The van der Waals surface area contributed by atoms with Crippen LogP contribution in [-0.2, 0) is 9.59 Å². The average Bonchev–Trinajstić information content (AvgIpc) is 2.46. The van der Waals surface area contributed by atoms with Crippen LogP contribution in [0.1, 0.15) is 18.9 Å². The van der Waals surface area contributed by atoms with Crippen molar-refractivity contribution in [2.24, 2.45) is 5.73 Å². The monoisotopic (exact) mass is 292 g/mol. The Morgan fingerprint density at radius 2 is 2.10 bits per heavy atom. The van der Waals surface area contributed by atoms with Crippen LogP contribution in [0.3, 0.4) is 0 Å². The summed E-state index contributed by atoms with van der Waals surface area (Å²) in [7, 11) is 1.48. The molecule has 0 radical (unpaired) electrons. The highest BCUT2D eigenvalue weighted by Crippen LogP contribution is 2.28. The molecular formula is C15H20N2O4. The van der Waals surface area contributed by atoms with Crippen LogP contribution in [0.4, 0.5) is 0 Å². The molecule has 0 aliphatic carbocycles. The molecule has 0 saturated carbocycles. The lowest BCUT2D eigenvalue weighted by Gasteiger charge is -2.08. The van der Waals surface area contributed by atoms with Crippen molar-refractivity contribution in [2.45, 2.75) is 13.3 Å². The second kappa shape index (κ2) is 8.76. The molecule has 1 aromatic rings. The maximum absolute atomic E-state index is 11.5. The Kier molecular flexibility index (Phi) is 6.97. The van der Waals surface area contributed by atoms with E-state index < -0.39 is 5.97 Å². The third kappa shape index (κ3) is 6.09. The van der Waals surface area contributed by atoms with E-state index in [-0.39, 0.29) is 5.91 Å². The normalized spacial score (nSPS) is 10.4. The van der Waals surface area contributed by atoms with Crippen molar-refractivity contribution in [3.63, 3.8) is 0 Å². The summed E-state index contributed by atoms with van der Waals surface area (Å²) in [5.41, 5.74) is 6.10. The molecule has 0 aromatic heterocycles. The zero-order valence-electron chi connectivity index (χ0n) is 12.2. The van der Waals surface area contributed by atoms with Crippen LogP contribution in [0.5, 0.6) is 11.5 Å². The number of rotatable bonds is 7. The molecule has 0 aliphatic heterocycles. The fourth-order valence-corrected chi connectivity index (χ4v) is 1.57. The second-order valence-corrected chi connectivity index (χ2v) is 4.27. The number of esters is 1. The van der Waals surface area contributed by atoms with Gasteiger partial charge in [0.15, 0.2) is 11.5 Å². The molecule has 0 atom stereocenters. The molecule has 0 fully saturated rings. The molecule has 114 valence electrons. The molecule has 0 unspecified atom stereocenters.